The van der Waals surface area contributed by atoms with Crippen LogP contribution in [-0.4, -0.2) is 23.3 Å². The highest BCUT2D eigenvalue weighted by Crippen LogP contribution is 2.38. The molecule has 1 fully saturated rings. The Hall–Kier alpha value is -2.48. The first kappa shape index (κ1) is 24.6. The number of aryl methyl sites for hydroxylation is 1. The molecular formula is C27H28F3NO2S. The van der Waals surface area contributed by atoms with E-state index in [1.165, 1.54) is 11.6 Å². The number of thioether (sulfide) groups is 1. The Bertz CT molecular complexity index is 1100. The van der Waals surface area contributed by atoms with E-state index in [9.17, 15) is 18.3 Å². The predicted octanol–water partition coefficient (Wildman–Crippen LogP) is 7.10. The molecule has 3 aromatic carbocycles. The summed E-state index contributed by atoms with van der Waals surface area (Å²) in [7, 11) is 0. The summed E-state index contributed by atoms with van der Waals surface area (Å²) >= 11 is -0.127. The van der Waals surface area contributed by atoms with E-state index in [2.05, 4.69) is 12.2 Å². The van der Waals surface area contributed by atoms with Gasteiger partial charge < -0.3 is 15.2 Å². The van der Waals surface area contributed by atoms with E-state index >= 15 is 0 Å². The van der Waals surface area contributed by atoms with Crippen molar-refractivity contribution in [2.45, 2.75) is 48.7 Å². The number of rotatable bonds is 10. The Labute approximate surface area is 202 Å². The average Bonchev–Trinajstić information content (AvgIpc) is 3.64. The largest absolute Gasteiger partial charge is 0.457 e. The molecular weight excluding hydrogens is 459 g/mol. The number of hydrogen-bond donors (Lipinski definition) is 2. The summed E-state index contributed by atoms with van der Waals surface area (Å²) < 4.78 is 45.0. The molecule has 1 aliphatic rings. The molecule has 2 N–H and O–H groups in total. The highest BCUT2D eigenvalue weighted by atomic mass is 32.2. The molecule has 34 heavy (non-hydrogen) atoms. The van der Waals surface area contributed by atoms with Gasteiger partial charge in [0.15, 0.2) is 0 Å². The molecule has 0 aliphatic heterocycles. The van der Waals surface area contributed by atoms with Crippen molar-refractivity contribution < 1.29 is 23.0 Å². The lowest BCUT2D eigenvalue weighted by Gasteiger charge is -2.23. The van der Waals surface area contributed by atoms with Crippen molar-refractivity contribution >= 4 is 11.8 Å². The Balaban J connectivity index is 1.60. The molecule has 3 aromatic rings. The van der Waals surface area contributed by atoms with Crippen LogP contribution >= 0.6 is 11.8 Å². The highest BCUT2D eigenvalue weighted by molar-refractivity contribution is 8.00. The zero-order chi connectivity index (χ0) is 24.1. The molecule has 2 atom stereocenters. The summed E-state index contributed by atoms with van der Waals surface area (Å²) in [6.07, 6.45) is 2.43. The first-order chi connectivity index (χ1) is 16.3. The van der Waals surface area contributed by atoms with Gasteiger partial charge in [0.2, 0.25) is 0 Å². The Morgan fingerprint density at radius 3 is 2.29 bits per heavy atom. The van der Waals surface area contributed by atoms with Gasteiger partial charge in [-0.05, 0) is 90.0 Å². The standard InChI is InChI=1S/C27H28F3NO2S/c1-2-18-6-3-9-22(14-18)33-23-10-4-7-20(15-23)26(31-17-25(32)19-12-13-19)21-8-5-11-24(16-21)34-27(28,29)30/h3-11,14-16,19,25-26,31-32H,2,12-13,17H2,1H3. The van der Waals surface area contributed by atoms with Crippen LogP contribution in [0, 0.1) is 5.92 Å². The van der Waals surface area contributed by atoms with Crippen LogP contribution in [0.3, 0.4) is 0 Å². The van der Waals surface area contributed by atoms with E-state index < -0.39 is 17.7 Å². The first-order valence-corrected chi connectivity index (χ1v) is 12.3. The molecule has 3 nitrogen and oxygen atoms in total. The molecule has 0 aromatic heterocycles. The molecule has 0 saturated heterocycles. The average molecular weight is 488 g/mol. The van der Waals surface area contributed by atoms with Gasteiger partial charge in [0.25, 0.3) is 0 Å². The van der Waals surface area contributed by atoms with Crippen molar-refractivity contribution in [1.82, 2.24) is 5.32 Å². The molecule has 0 heterocycles. The smallest absolute Gasteiger partial charge is 0.446 e. The van der Waals surface area contributed by atoms with Gasteiger partial charge in [-0.25, -0.2) is 0 Å². The van der Waals surface area contributed by atoms with Gasteiger partial charge in [-0.1, -0.05) is 43.3 Å². The first-order valence-electron chi connectivity index (χ1n) is 11.4. The van der Waals surface area contributed by atoms with Crippen molar-refractivity contribution in [1.29, 1.82) is 0 Å². The maximum Gasteiger partial charge on any atom is 0.446 e. The minimum absolute atomic E-state index is 0.127. The van der Waals surface area contributed by atoms with Crippen LogP contribution in [0.5, 0.6) is 11.5 Å². The summed E-state index contributed by atoms with van der Waals surface area (Å²) in [5, 5.41) is 13.8. The second-order valence-corrected chi connectivity index (χ2v) is 9.68. The lowest BCUT2D eigenvalue weighted by Crippen LogP contribution is -2.32. The molecule has 0 amide bonds. The molecule has 4 rings (SSSR count). The fourth-order valence-electron chi connectivity index (χ4n) is 3.93. The number of aliphatic hydroxyl groups excluding tert-OH is 1. The summed E-state index contributed by atoms with van der Waals surface area (Å²) in [6.45, 7) is 2.44. The van der Waals surface area contributed by atoms with Crippen LogP contribution in [0.25, 0.3) is 0 Å². The highest BCUT2D eigenvalue weighted by Gasteiger charge is 2.31. The maximum atomic E-state index is 13.0. The fraction of sp³-hybridized carbons (Fsp3) is 0.333. The van der Waals surface area contributed by atoms with E-state index in [1.54, 1.807) is 18.2 Å². The zero-order valence-electron chi connectivity index (χ0n) is 18.9. The number of benzene rings is 3. The van der Waals surface area contributed by atoms with Crippen molar-refractivity contribution in [3.63, 3.8) is 0 Å². The second kappa shape index (κ2) is 10.8. The van der Waals surface area contributed by atoms with Crippen LogP contribution in [0.2, 0.25) is 0 Å². The number of halogens is 3. The minimum Gasteiger partial charge on any atom is -0.457 e. The Kier molecular flexibility index (Phi) is 7.86. The number of nitrogens with one attached hydrogen (secondary N) is 1. The van der Waals surface area contributed by atoms with Gasteiger partial charge in [0.1, 0.15) is 11.5 Å². The van der Waals surface area contributed by atoms with Gasteiger partial charge in [0.05, 0.1) is 12.1 Å². The molecule has 7 heteroatoms. The van der Waals surface area contributed by atoms with Gasteiger partial charge >= 0.3 is 5.51 Å². The van der Waals surface area contributed by atoms with Crippen LogP contribution in [0.15, 0.2) is 77.7 Å². The summed E-state index contributed by atoms with van der Waals surface area (Å²) in [4.78, 5) is 0.128. The van der Waals surface area contributed by atoms with Crippen molar-refractivity contribution in [2.24, 2.45) is 5.92 Å². The van der Waals surface area contributed by atoms with E-state index in [0.29, 0.717) is 23.8 Å². The predicted molar refractivity (Wildman–Crippen MR) is 129 cm³/mol. The lowest BCUT2D eigenvalue weighted by atomic mass is 9.98. The van der Waals surface area contributed by atoms with E-state index in [-0.39, 0.29) is 16.7 Å². The lowest BCUT2D eigenvalue weighted by molar-refractivity contribution is -0.0328. The van der Waals surface area contributed by atoms with Gasteiger partial charge in [-0.15, -0.1) is 0 Å². The van der Waals surface area contributed by atoms with Crippen molar-refractivity contribution in [3.05, 3.63) is 89.5 Å². The summed E-state index contributed by atoms with van der Waals surface area (Å²) in [5.41, 5.74) is -1.64. The van der Waals surface area contributed by atoms with Crippen LogP contribution in [0.4, 0.5) is 13.2 Å². The van der Waals surface area contributed by atoms with Crippen molar-refractivity contribution in [2.75, 3.05) is 6.54 Å². The maximum absolute atomic E-state index is 13.0. The third-order valence-electron chi connectivity index (χ3n) is 5.86. The van der Waals surface area contributed by atoms with Gasteiger partial charge in [-0.3, -0.25) is 0 Å². The molecule has 180 valence electrons. The van der Waals surface area contributed by atoms with Crippen LogP contribution < -0.4 is 10.1 Å². The topological polar surface area (TPSA) is 41.5 Å². The molecule has 0 bridgehead atoms. The van der Waals surface area contributed by atoms with Crippen LogP contribution in [-0.2, 0) is 6.42 Å². The second-order valence-electron chi connectivity index (χ2n) is 8.54. The molecule has 1 aliphatic carbocycles. The number of aliphatic hydroxyl groups is 1. The molecule has 1 saturated carbocycles. The Morgan fingerprint density at radius 2 is 1.62 bits per heavy atom. The summed E-state index contributed by atoms with van der Waals surface area (Å²) in [6, 6.07) is 21.5. The monoisotopic (exact) mass is 487 g/mol. The molecule has 0 spiro atoms. The SMILES string of the molecule is CCc1cccc(Oc2cccc(C(NCC(O)C3CC3)c3cccc(SC(F)(F)F)c3)c2)c1. The van der Waals surface area contributed by atoms with E-state index in [1.807, 2.05) is 48.5 Å². The van der Waals surface area contributed by atoms with E-state index in [0.717, 1.165) is 30.6 Å². The van der Waals surface area contributed by atoms with E-state index in [4.69, 9.17) is 4.74 Å². The molecule has 0 radical (unpaired) electrons. The summed E-state index contributed by atoms with van der Waals surface area (Å²) in [5.74, 6) is 1.66. The number of alkyl halides is 3. The minimum atomic E-state index is -4.36. The normalized spacial score (nSPS) is 15.7. The van der Waals surface area contributed by atoms with Crippen LogP contribution in [0.1, 0.15) is 42.5 Å². The van der Waals surface area contributed by atoms with Gasteiger partial charge in [-0.2, -0.15) is 13.2 Å². The quantitative estimate of drug-likeness (QED) is 0.299. The zero-order valence-corrected chi connectivity index (χ0v) is 19.7. The Morgan fingerprint density at radius 1 is 0.971 bits per heavy atom. The fourth-order valence-corrected chi connectivity index (χ4v) is 4.54. The molecule has 2 unspecified atom stereocenters. The number of ether oxygens (including phenoxy) is 1. The third-order valence-corrected chi connectivity index (χ3v) is 6.58. The number of hydrogen-bond acceptors (Lipinski definition) is 4. The van der Waals surface area contributed by atoms with Gasteiger partial charge in [0, 0.05) is 11.4 Å². The third kappa shape index (κ3) is 7.01. The van der Waals surface area contributed by atoms with Crippen molar-refractivity contribution in [3.8, 4) is 11.5 Å².